The van der Waals surface area contributed by atoms with E-state index in [2.05, 4.69) is 0 Å². The van der Waals surface area contributed by atoms with E-state index in [1.807, 2.05) is 6.07 Å². The van der Waals surface area contributed by atoms with Gasteiger partial charge >= 0.3 is 0 Å². The number of hydrogen-bond acceptors (Lipinski definition) is 4. The van der Waals surface area contributed by atoms with Crippen molar-refractivity contribution in [2.75, 3.05) is 6.61 Å². The summed E-state index contributed by atoms with van der Waals surface area (Å²) in [5.74, 6) is -0.0327. The largest absolute Gasteiger partial charge is 0.394 e. The number of aliphatic hydroxyl groups excluding tert-OH is 1. The molecule has 1 N–H and O–H groups in total. The van der Waals surface area contributed by atoms with Crippen molar-refractivity contribution in [2.45, 2.75) is 17.3 Å². The lowest BCUT2D eigenvalue weighted by molar-refractivity contribution is 0.243. The Labute approximate surface area is 88.4 Å². The standard InChI is InChI=1S/C10H12O4S/c11-6-9-10(14-9)15(12,13)7-8-4-2-1-3-5-8/h1-5,9-11H,6-7H2/t9-,10-/m0/s1. The van der Waals surface area contributed by atoms with Crippen LogP contribution in [0.15, 0.2) is 30.3 Å². The number of sulfone groups is 1. The SMILES string of the molecule is O=S(=O)(Cc1ccccc1)[C@@H]1O[C@H]1CO. The second-order valence-electron chi connectivity index (χ2n) is 3.52. The van der Waals surface area contributed by atoms with Gasteiger partial charge in [0.1, 0.15) is 6.10 Å². The fourth-order valence-electron chi connectivity index (χ4n) is 1.46. The molecule has 1 aliphatic rings. The lowest BCUT2D eigenvalue weighted by Gasteiger charge is -2.00. The average Bonchev–Trinajstić information content (AvgIpc) is 2.98. The molecule has 1 aliphatic heterocycles. The summed E-state index contributed by atoms with van der Waals surface area (Å²) in [5, 5.41) is 8.72. The van der Waals surface area contributed by atoms with Gasteiger partial charge in [-0.2, -0.15) is 0 Å². The molecule has 1 aromatic rings. The molecule has 0 spiro atoms. The van der Waals surface area contributed by atoms with Crippen molar-refractivity contribution in [2.24, 2.45) is 0 Å². The van der Waals surface area contributed by atoms with Crippen LogP contribution in [0.3, 0.4) is 0 Å². The smallest absolute Gasteiger partial charge is 0.187 e. The molecular formula is C10H12O4S. The van der Waals surface area contributed by atoms with Crippen LogP contribution in [0.4, 0.5) is 0 Å². The van der Waals surface area contributed by atoms with E-state index >= 15 is 0 Å². The highest BCUT2D eigenvalue weighted by Crippen LogP contribution is 2.29. The van der Waals surface area contributed by atoms with Gasteiger partial charge in [0.05, 0.1) is 12.4 Å². The molecule has 1 heterocycles. The summed E-state index contributed by atoms with van der Waals surface area (Å²) >= 11 is 0. The lowest BCUT2D eigenvalue weighted by atomic mass is 10.2. The number of rotatable bonds is 4. The highest BCUT2D eigenvalue weighted by molar-refractivity contribution is 7.91. The van der Waals surface area contributed by atoms with Crippen molar-refractivity contribution in [1.82, 2.24) is 0 Å². The van der Waals surface area contributed by atoms with Crippen molar-refractivity contribution >= 4 is 9.84 Å². The molecule has 82 valence electrons. The molecule has 0 aliphatic carbocycles. The zero-order valence-corrected chi connectivity index (χ0v) is 8.85. The quantitative estimate of drug-likeness (QED) is 0.754. The minimum absolute atomic E-state index is 0.0327. The van der Waals surface area contributed by atoms with Crippen LogP contribution in [0.5, 0.6) is 0 Å². The summed E-state index contributed by atoms with van der Waals surface area (Å²) in [4.78, 5) is 0. The van der Waals surface area contributed by atoms with E-state index in [-0.39, 0.29) is 12.4 Å². The van der Waals surface area contributed by atoms with Gasteiger partial charge in [0.25, 0.3) is 0 Å². The molecule has 1 saturated heterocycles. The predicted molar refractivity (Wildman–Crippen MR) is 54.8 cm³/mol. The van der Waals surface area contributed by atoms with Crippen molar-refractivity contribution in [3.8, 4) is 0 Å². The Bertz CT molecular complexity index is 426. The van der Waals surface area contributed by atoms with Crippen LogP contribution in [-0.4, -0.2) is 31.7 Å². The summed E-state index contributed by atoms with van der Waals surface area (Å²) < 4.78 is 28.3. The van der Waals surface area contributed by atoms with Gasteiger partial charge in [-0.05, 0) is 5.56 Å². The third kappa shape index (κ3) is 2.37. The molecule has 15 heavy (non-hydrogen) atoms. The number of hydrogen-bond donors (Lipinski definition) is 1. The van der Waals surface area contributed by atoms with Gasteiger partial charge < -0.3 is 9.84 Å². The monoisotopic (exact) mass is 228 g/mol. The molecule has 0 saturated carbocycles. The summed E-state index contributed by atoms with van der Waals surface area (Å²) in [6, 6.07) is 8.94. The molecule has 0 radical (unpaired) electrons. The Kier molecular flexibility index (Phi) is 2.77. The maximum Gasteiger partial charge on any atom is 0.187 e. The fourth-order valence-corrected chi connectivity index (χ4v) is 3.14. The number of epoxide rings is 1. The Morgan fingerprint density at radius 2 is 1.93 bits per heavy atom. The fraction of sp³-hybridized carbons (Fsp3) is 0.400. The number of aliphatic hydroxyl groups is 1. The Hall–Kier alpha value is -0.910. The normalized spacial score (nSPS) is 25.1. The van der Waals surface area contributed by atoms with Crippen LogP contribution in [0, 0.1) is 0 Å². The summed E-state index contributed by atoms with van der Waals surface area (Å²) in [7, 11) is -3.28. The highest BCUT2D eigenvalue weighted by Gasteiger charge is 2.48. The second-order valence-corrected chi connectivity index (χ2v) is 5.60. The third-order valence-electron chi connectivity index (χ3n) is 2.28. The van der Waals surface area contributed by atoms with Gasteiger partial charge in [-0.15, -0.1) is 0 Å². The van der Waals surface area contributed by atoms with E-state index in [1.54, 1.807) is 24.3 Å². The zero-order chi connectivity index (χ0) is 10.9. The maximum atomic E-state index is 11.7. The Morgan fingerprint density at radius 1 is 1.27 bits per heavy atom. The minimum Gasteiger partial charge on any atom is -0.394 e. The highest BCUT2D eigenvalue weighted by atomic mass is 32.2. The molecule has 5 heteroatoms. The second kappa shape index (κ2) is 3.92. The number of ether oxygens (including phenoxy) is 1. The molecule has 2 rings (SSSR count). The van der Waals surface area contributed by atoms with E-state index in [4.69, 9.17) is 9.84 Å². The van der Waals surface area contributed by atoms with Gasteiger partial charge in [-0.1, -0.05) is 30.3 Å². The first-order valence-corrected chi connectivity index (χ1v) is 6.37. The molecule has 0 bridgehead atoms. The van der Waals surface area contributed by atoms with Crippen LogP contribution in [0.2, 0.25) is 0 Å². The Balaban J connectivity index is 2.07. The van der Waals surface area contributed by atoms with E-state index in [0.717, 1.165) is 5.56 Å². The molecule has 2 atom stereocenters. The minimum atomic E-state index is -3.28. The average molecular weight is 228 g/mol. The van der Waals surface area contributed by atoms with Crippen molar-refractivity contribution in [3.63, 3.8) is 0 Å². The maximum absolute atomic E-state index is 11.7. The van der Waals surface area contributed by atoms with E-state index in [0.29, 0.717) is 0 Å². The van der Waals surface area contributed by atoms with E-state index < -0.39 is 21.4 Å². The van der Waals surface area contributed by atoms with Crippen LogP contribution < -0.4 is 0 Å². The first kappa shape index (κ1) is 10.6. The zero-order valence-electron chi connectivity index (χ0n) is 8.04. The van der Waals surface area contributed by atoms with Gasteiger partial charge in [-0.25, -0.2) is 8.42 Å². The first-order chi connectivity index (χ1) is 7.13. The number of benzene rings is 1. The lowest BCUT2D eigenvalue weighted by Crippen LogP contribution is -2.14. The van der Waals surface area contributed by atoms with Gasteiger partial charge in [0.15, 0.2) is 15.3 Å². The molecule has 4 nitrogen and oxygen atoms in total. The van der Waals surface area contributed by atoms with Crippen LogP contribution >= 0.6 is 0 Å². The van der Waals surface area contributed by atoms with Crippen LogP contribution in [-0.2, 0) is 20.3 Å². The molecule has 1 aromatic carbocycles. The third-order valence-corrected chi connectivity index (χ3v) is 4.14. The molecular weight excluding hydrogens is 216 g/mol. The predicted octanol–water partition coefficient (Wildman–Crippen LogP) is 0.319. The van der Waals surface area contributed by atoms with Gasteiger partial charge in [-0.3, -0.25) is 0 Å². The summed E-state index contributed by atoms with van der Waals surface area (Å²) in [6.45, 7) is -0.237. The van der Waals surface area contributed by atoms with Crippen molar-refractivity contribution in [3.05, 3.63) is 35.9 Å². The van der Waals surface area contributed by atoms with Crippen molar-refractivity contribution in [1.29, 1.82) is 0 Å². The van der Waals surface area contributed by atoms with Gasteiger partial charge in [0, 0.05) is 0 Å². The van der Waals surface area contributed by atoms with Crippen LogP contribution in [0.1, 0.15) is 5.56 Å². The van der Waals surface area contributed by atoms with Crippen molar-refractivity contribution < 1.29 is 18.3 Å². The Morgan fingerprint density at radius 3 is 2.47 bits per heavy atom. The van der Waals surface area contributed by atoms with E-state index in [9.17, 15) is 8.42 Å². The molecule has 1 fully saturated rings. The van der Waals surface area contributed by atoms with E-state index in [1.165, 1.54) is 0 Å². The summed E-state index contributed by atoms with van der Waals surface area (Å²) in [6.07, 6.45) is -0.529. The molecule has 0 unspecified atom stereocenters. The van der Waals surface area contributed by atoms with Gasteiger partial charge in [0.2, 0.25) is 0 Å². The first-order valence-electron chi connectivity index (χ1n) is 4.65. The topological polar surface area (TPSA) is 66.9 Å². The summed E-state index contributed by atoms with van der Waals surface area (Å²) in [5.41, 5.74) is -0.0765. The van der Waals surface area contributed by atoms with Crippen LogP contribution in [0.25, 0.3) is 0 Å². The molecule has 0 amide bonds. The molecule has 0 aromatic heterocycles.